The van der Waals surface area contributed by atoms with Gasteiger partial charge in [0.2, 0.25) is 5.91 Å². The Morgan fingerprint density at radius 1 is 1.08 bits per heavy atom. The van der Waals surface area contributed by atoms with Crippen LogP contribution in [0, 0.1) is 0 Å². The van der Waals surface area contributed by atoms with Gasteiger partial charge in [0.25, 0.3) is 0 Å². The Morgan fingerprint density at radius 2 is 1.85 bits per heavy atom. The maximum absolute atomic E-state index is 12.3. The molecular weight excluding hydrogens is 324 g/mol. The number of amides is 1. The highest BCUT2D eigenvalue weighted by atomic mass is 16.5. The van der Waals surface area contributed by atoms with Crippen molar-refractivity contribution in [1.82, 2.24) is 4.90 Å². The number of para-hydroxylation sites is 1. The van der Waals surface area contributed by atoms with Crippen molar-refractivity contribution in [3.8, 4) is 5.75 Å². The molecule has 2 aromatic carbocycles. The van der Waals surface area contributed by atoms with E-state index < -0.39 is 0 Å². The van der Waals surface area contributed by atoms with Crippen molar-refractivity contribution in [1.29, 1.82) is 0 Å². The second-order valence-corrected chi connectivity index (χ2v) is 6.84. The van der Waals surface area contributed by atoms with Crippen LogP contribution in [0.4, 0.5) is 5.69 Å². The average molecular weight is 352 g/mol. The van der Waals surface area contributed by atoms with Crippen LogP contribution in [0.3, 0.4) is 0 Å². The number of nitrogens with one attached hydrogen (secondary N) is 1. The highest BCUT2D eigenvalue weighted by Gasteiger charge is 2.23. The summed E-state index contributed by atoms with van der Waals surface area (Å²) in [6, 6.07) is 18.4. The number of ether oxygens (including phenoxy) is 1. The number of likely N-dealkylation sites (tertiary alicyclic amines) is 1. The molecule has 1 heterocycles. The quantitative estimate of drug-likeness (QED) is 0.823. The largest absolute Gasteiger partial charge is 0.497 e. The van der Waals surface area contributed by atoms with E-state index >= 15 is 0 Å². The summed E-state index contributed by atoms with van der Waals surface area (Å²) >= 11 is 0. The molecule has 0 bridgehead atoms. The van der Waals surface area contributed by atoms with Gasteiger partial charge in [-0.1, -0.05) is 43.2 Å². The first kappa shape index (κ1) is 18.5. The van der Waals surface area contributed by atoms with E-state index in [2.05, 4.69) is 22.3 Å². The van der Waals surface area contributed by atoms with Gasteiger partial charge in [-0.05, 0) is 49.2 Å². The van der Waals surface area contributed by atoms with Crippen LogP contribution in [-0.2, 0) is 4.79 Å². The number of carbonyl (C=O) groups is 1. The van der Waals surface area contributed by atoms with E-state index in [-0.39, 0.29) is 5.91 Å². The lowest BCUT2D eigenvalue weighted by Gasteiger charge is -2.30. The van der Waals surface area contributed by atoms with Crippen LogP contribution in [0.5, 0.6) is 5.75 Å². The molecule has 1 amide bonds. The summed E-state index contributed by atoms with van der Waals surface area (Å²) in [7, 11) is 1.69. The maximum Gasteiger partial charge on any atom is 0.225 e. The number of anilines is 1. The summed E-state index contributed by atoms with van der Waals surface area (Å²) < 4.78 is 5.28. The highest BCUT2D eigenvalue weighted by molar-refractivity contribution is 5.90. The summed E-state index contributed by atoms with van der Waals surface area (Å²) in [6.45, 7) is 1.84. The molecule has 0 unspecified atom stereocenters. The van der Waals surface area contributed by atoms with Crippen LogP contribution < -0.4 is 10.1 Å². The normalized spacial score (nSPS) is 18.1. The molecule has 4 nitrogen and oxygen atoms in total. The van der Waals surface area contributed by atoms with Crippen molar-refractivity contribution in [3.63, 3.8) is 0 Å². The second-order valence-electron chi connectivity index (χ2n) is 6.84. The molecule has 0 aromatic heterocycles. The van der Waals surface area contributed by atoms with Gasteiger partial charge in [-0.15, -0.1) is 0 Å². The van der Waals surface area contributed by atoms with E-state index in [9.17, 15) is 4.79 Å². The molecule has 138 valence electrons. The van der Waals surface area contributed by atoms with Crippen molar-refractivity contribution in [3.05, 3.63) is 60.2 Å². The highest BCUT2D eigenvalue weighted by Crippen LogP contribution is 2.31. The van der Waals surface area contributed by atoms with Crippen molar-refractivity contribution in [2.24, 2.45) is 0 Å². The zero-order valence-electron chi connectivity index (χ0n) is 15.5. The molecule has 1 saturated heterocycles. The number of carbonyl (C=O) groups excluding carboxylic acids is 1. The van der Waals surface area contributed by atoms with Gasteiger partial charge in [0, 0.05) is 24.7 Å². The van der Waals surface area contributed by atoms with Gasteiger partial charge in [0.15, 0.2) is 0 Å². The first-order chi connectivity index (χ1) is 12.8. The average Bonchev–Trinajstić information content (AvgIpc) is 2.93. The van der Waals surface area contributed by atoms with Crippen molar-refractivity contribution in [2.45, 2.75) is 38.1 Å². The van der Waals surface area contributed by atoms with Gasteiger partial charge >= 0.3 is 0 Å². The van der Waals surface area contributed by atoms with Crippen LogP contribution in [0.25, 0.3) is 0 Å². The SMILES string of the molecule is COc1ccc([C@H]2CCCCCN2CCC(=O)Nc2ccccc2)cc1. The molecule has 1 aliphatic heterocycles. The molecule has 0 aliphatic carbocycles. The lowest BCUT2D eigenvalue weighted by molar-refractivity contribution is -0.116. The van der Waals surface area contributed by atoms with Crippen molar-refractivity contribution >= 4 is 11.6 Å². The Morgan fingerprint density at radius 3 is 2.58 bits per heavy atom. The van der Waals surface area contributed by atoms with Gasteiger partial charge in [-0.3, -0.25) is 9.69 Å². The number of benzene rings is 2. The van der Waals surface area contributed by atoms with Crippen LogP contribution in [0.1, 0.15) is 43.7 Å². The Bertz CT molecular complexity index is 685. The van der Waals surface area contributed by atoms with E-state index in [1.807, 2.05) is 42.5 Å². The Kier molecular flexibility index (Phi) is 6.67. The number of nitrogens with zero attached hydrogens (tertiary/aromatic N) is 1. The van der Waals surface area contributed by atoms with Gasteiger partial charge in [-0.2, -0.15) is 0 Å². The predicted molar refractivity (Wildman–Crippen MR) is 105 cm³/mol. The molecule has 4 heteroatoms. The fraction of sp³-hybridized carbons (Fsp3) is 0.409. The van der Waals surface area contributed by atoms with E-state index in [0.717, 1.165) is 30.9 Å². The summed E-state index contributed by atoms with van der Waals surface area (Å²) in [5.41, 5.74) is 2.18. The van der Waals surface area contributed by atoms with Gasteiger partial charge < -0.3 is 10.1 Å². The van der Waals surface area contributed by atoms with Crippen LogP contribution in [-0.4, -0.2) is 31.0 Å². The topological polar surface area (TPSA) is 41.6 Å². The lowest BCUT2D eigenvalue weighted by Crippen LogP contribution is -2.31. The first-order valence-electron chi connectivity index (χ1n) is 9.49. The first-order valence-corrected chi connectivity index (χ1v) is 9.49. The number of rotatable bonds is 6. The van der Waals surface area contributed by atoms with Crippen LogP contribution >= 0.6 is 0 Å². The third-order valence-corrected chi connectivity index (χ3v) is 5.05. The molecule has 26 heavy (non-hydrogen) atoms. The second kappa shape index (κ2) is 9.39. The fourth-order valence-corrected chi connectivity index (χ4v) is 3.63. The van der Waals surface area contributed by atoms with E-state index in [1.54, 1.807) is 7.11 Å². The monoisotopic (exact) mass is 352 g/mol. The van der Waals surface area contributed by atoms with Gasteiger partial charge in [-0.25, -0.2) is 0 Å². The minimum Gasteiger partial charge on any atom is -0.497 e. The van der Waals surface area contributed by atoms with Crippen LogP contribution in [0.15, 0.2) is 54.6 Å². The zero-order valence-corrected chi connectivity index (χ0v) is 15.5. The summed E-state index contributed by atoms with van der Waals surface area (Å²) in [6.07, 6.45) is 5.36. The number of methoxy groups -OCH3 is 1. The number of hydrogen-bond donors (Lipinski definition) is 1. The summed E-state index contributed by atoms with van der Waals surface area (Å²) in [5.74, 6) is 0.963. The molecule has 0 spiro atoms. The third-order valence-electron chi connectivity index (χ3n) is 5.05. The molecule has 0 saturated carbocycles. The molecule has 1 N–H and O–H groups in total. The third kappa shape index (κ3) is 5.09. The zero-order chi connectivity index (χ0) is 18.2. The van der Waals surface area contributed by atoms with Gasteiger partial charge in [0.05, 0.1) is 7.11 Å². The van der Waals surface area contributed by atoms with E-state index in [0.29, 0.717) is 12.5 Å². The van der Waals surface area contributed by atoms with Gasteiger partial charge in [0.1, 0.15) is 5.75 Å². The number of hydrogen-bond acceptors (Lipinski definition) is 3. The van der Waals surface area contributed by atoms with E-state index in [1.165, 1.54) is 24.8 Å². The fourth-order valence-electron chi connectivity index (χ4n) is 3.63. The lowest BCUT2D eigenvalue weighted by atomic mass is 10.0. The molecule has 1 fully saturated rings. The standard InChI is InChI=1S/C22H28N2O2/c1-26-20-13-11-18(12-14-20)21-10-6-3-7-16-24(21)17-15-22(25)23-19-8-4-2-5-9-19/h2,4-5,8-9,11-14,21H,3,6-7,10,15-17H2,1H3,(H,23,25)/t21-/m1/s1. The molecular formula is C22H28N2O2. The summed E-state index contributed by atoms with van der Waals surface area (Å²) in [4.78, 5) is 14.8. The Hall–Kier alpha value is -2.33. The molecule has 1 aliphatic rings. The minimum atomic E-state index is 0.0777. The molecule has 3 rings (SSSR count). The molecule has 0 radical (unpaired) electrons. The predicted octanol–water partition coefficient (Wildman–Crippen LogP) is 4.64. The Labute approximate surface area is 156 Å². The minimum absolute atomic E-state index is 0.0777. The van der Waals surface area contributed by atoms with Crippen LogP contribution in [0.2, 0.25) is 0 Å². The van der Waals surface area contributed by atoms with E-state index in [4.69, 9.17) is 4.74 Å². The Balaban J connectivity index is 1.61. The smallest absolute Gasteiger partial charge is 0.225 e. The van der Waals surface area contributed by atoms with Crippen molar-refractivity contribution < 1.29 is 9.53 Å². The van der Waals surface area contributed by atoms with Crippen molar-refractivity contribution in [2.75, 3.05) is 25.5 Å². The maximum atomic E-state index is 12.3. The molecule has 2 aromatic rings. The molecule has 1 atom stereocenters. The summed E-state index contributed by atoms with van der Waals surface area (Å²) in [5, 5.41) is 2.98.